The summed E-state index contributed by atoms with van der Waals surface area (Å²) in [5.41, 5.74) is 5.86. The molecule has 3 N–H and O–H groups in total. The van der Waals surface area contributed by atoms with Crippen molar-refractivity contribution in [1.82, 2.24) is 4.98 Å². The molecule has 2 aromatic carbocycles. The predicted molar refractivity (Wildman–Crippen MR) is 121 cm³/mol. The standard InChI is InChI=1S/C26H31NO2/c1-3-4-5-11-20-16-23(28)25(19-12-8-9-17(2)14-19)26(29)24(20)22-15-18-10-6-7-13-21(18)27-22/h6-7,10,13-16,19,27-29H,3-5,8-9,11-12H2,1-2H3. The third-order valence-electron chi connectivity index (χ3n) is 6.19. The van der Waals surface area contributed by atoms with Crippen LogP contribution in [0, 0.1) is 0 Å². The Kier molecular flexibility index (Phi) is 5.66. The van der Waals surface area contributed by atoms with Crippen molar-refractivity contribution < 1.29 is 10.2 Å². The molecule has 152 valence electrons. The van der Waals surface area contributed by atoms with Crippen molar-refractivity contribution in [3.05, 3.63) is 59.2 Å². The summed E-state index contributed by atoms with van der Waals surface area (Å²) < 4.78 is 0. The first kappa shape index (κ1) is 19.6. The molecular weight excluding hydrogens is 358 g/mol. The van der Waals surface area contributed by atoms with Gasteiger partial charge in [0.05, 0.1) is 5.69 Å². The van der Waals surface area contributed by atoms with Crippen molar-refractivity contribution in [3.8, 4) is 22.8 Å². The quantitative estimate of drug-likeness (QED) is 0.308. The number of para-hydroxylation sites is 1. The van der Waals surface area contributed by atoms with Crippen molar-refractivity contribution in [2.45, 2.75) is 64.7 Å². The molecule has 3 nitrogen and oxygen atoms in total. The van der Waals surface area contributed by atoms with Gasteiger partial charge in [-0.15, -0.1) is 0 Å². The number of aromatic amines is 1. The minimum absolute atomic E-state index is 0.0663. The zero-order valence-electron chi connectivity index (χ0n) is 17.5. The van der Waals surface area contributed by atoms with Gasteiger partial charge in [-0.05, 0) is 62.8 Å². The van der Waals surface area contributed by atoms with Crippen LogP contribution in [0.3, 0.4) is 0 Å². The zero-order chi connectivity index (χ0) is 20.4. The monoisotopic (exact) mass is 389 g/mol. The third kappa shape index (κ3) is 3.91. The van der Waals surface area contributed by atoms with Gasteiger partial charge >= 0.3 is 0 Å². The van der Waals surface area contributed by atoms with Crippen molar-refractivity contribution in [1.29, 1.82) is 0 Å². The third-order valence-corrected chi connectivity index (χ3v) is 6.19. The van der Waals surface area contributed by atoms with E-state index in [0.29, 0.717) is 5.56 Å². The Balaban J connectivity index is 1.87. The maximum absolute atomic E-state index is 11.4. The number of hydrogen-bond acceptors (Lipinski definition) is 2. The Labute approximate surface area is 173 Å². The number of unbranched alkanes of at least 4 members (excludes halogenated alkanes) is 2. The van der Waals surface area contributed by atoms with Crippen LogP contribution in [0.1, 0.15) is 69.4 Å². The minimum atomic E-state index is 0.0663. The number of rotatable bonds is 6. The SMILES string of the molecule is CCCCCc1cc(O)c(C2C=C(C)CCC2)c(O)c1-c1cc2ccccc2[nH]1. The number of aryl methyl sites for hydroxylation is 1. The minimum Gasteiger partial charge on any atom is -0.507 e. The summed E-state index contributed by atoms with van der Waals surface area (Å²) >= 11 is 0. The highest BCUT2D eigenvalue weighted by molar-refractivity contribution is 5.88. The Morgan fingerprint density at radius 3 is 2.69 bits per heavy atom. The molecule has 0 aliphatic heterocycles. The summed E-state index contributed by atoms with van der Waals surface area (Å²) in [5.74, 6) is 0.528. The molecule has 29 heavy (non-hydrogen) atoms. The highest BCUT2D eigenvalue weighted by atomic mass is 16.3. The smallest absolute Gasteiger partial charge is 0.132 e. The van der Waals surface area contributed by atoms with E-state index in [1.165, 1.54) is 5.57 Å². The maximum Gasteiger partial charge on any atom is 0.132 e. The average Bonchev–Trinajstić information content (AvgIpc) is 3.11. The van der Waals surface area contributed by atoms with Gasteiger partial charge in [0.15, 0.2) is 0 Å². The molecule has 1 aromatic heterocycles. The van der Waals surface area contributed by atoms with E-state index < -0.39 is 0 Å². The molecule has 1 heterocycles. The molecule has 0 spiro atoms. The topological polar surface area (TPSA) is 56.2 Å². The summed E-state index contributed by atoms with van der Waals surface area (Å²) in [6.45, 7) is 4.33. The Bertz CT molecular complexity index is 1010. The van der Waals surface area contributed by atoms with E-state index in [9.17, 15) is 10.2 Å². The van der Waals surface area contributed by atoms with Crippen LogP contribution in [-0.2, 0) is 6.42 Å². The molecule has 0 bridgehead atoms. The van der Waals surface area contributed by atoms with Gasteiger partial charge in [-0.3, -0.25) is 0 Å². The van der Waals surface area contributed by atoms with Gasteiger partial charge in [-0.2, -0.15) is 0 Å². The van der Waals surface area contributed by atoms with Crippen LogP contribution in [0.5, 0.6) is 11.5 Å². The van der Waals surface area contributed by atoms with E-state index in [2.05, 4.69) is 43.1 Å². The molecule has 4 rings (SSSR count). The largest absolute Gasteiger partial charge is 0.507 e. The summed E-state index contributed by atoms with van der Waals surface area (Å²) in [5, 5.41) is 23.4. The Morgan fingerprint density at radius 2 is 1.93 bits per heavy atom. The molecule has 1 unspecified atom stereocenters. The van der Waals surface area contributed by atoms with Crippen molar-refractivity contribution in [3.63, 3.8) is 0 Å². The summed E-state index contributed by atoms with van der Waals surface area (Å²) in [6, 6.07) is 12.2. The van der Waals surface area contributed by atoms with E-state index in [4.69, 9.17) is 0 Å². The molecule has 1 aliphatic carbocycles. The molecule has 0 fully saturated rings. The molecule has 0 amide bonds. The second-order valence-electron chi connectivity index (χ2n) is 8.43. The lowest BCUT2D eigenvalue weighted by Gasteiger charge is -2.24. The van der Waals surface area contributed by atoms with E-state index in [1.807, 2.05) is 18.2 Å². The van der Waals surface area contributed by atoms with E-state index in [0.717, 1.165) is 72.7 Å². The van der Waals surface area contributed by atoms with E-state index in [-0.39, 0.29) is 17.4 Å². The van der Waals surface area contributed by atoms with E-state index in [1.54, 1.807) is 0 Å². The van der Waals surface area contributed by atoms with Crippen LogP contribution in [0.2, 0.25) is 0 Å². The summed E-state index contributed by atoms with van der Waals surface area (Å²) in [4.78, 5) is 3.48. The highest BCUT2D eigenvalue weighted by Gasteiger charge is 2.26. The molecular formula is C26H31NO2. The maximum atomic E-state index is 11.4. The highest BCUT2D eigenvalue weighted by Crippen LogP contribution is 2.47. The number of allylic oxidation sites excluding steroid dienone is 2. The van der Waals surface area contributed by atoms with Crippen LogP contribution in [0.25, 0.3) is 22.2 Å². The first-order chi connectivity index (χ1) is 14.1. The second kappa shape index (κ2) is 8.36. The van der Waals surface area contributed by atoms with Gasteiger partial charge in [0.1, 0.15) is 11.5 Å². The fourth-order valence-corrected chi connectivity index (χ4v) is 4.70. The first-order valence-corrected chi connectivity index (χ1v) is 10.9. The lowest BCUT2D eigenvalue weighted by atomic mass is 9.82. The molecule has 3 aromatic rings. The number of aromatic hydroxyl groups is 2. The van der Waals surface area contributed by atoms with Crippen LogP contribution >= 0.6 is 0 Å². The van der Waals surface area contributed by atoms with Crippen LogP contribution in [-0.4, -0.2) is 15.2 Å². The molecule has 0 saturated heterocycles. The number of hydrogen-bond donors (Lipinski definition) is 3. The number of H-pyrrole nitrogens is 1. The van der Waals surface area contributed by atoms with Gasteiger partial charge in [0.25, 0.3) is 0 Å². The van der Waals surface area contributed by atoms with Crippen LogP contribution < -0.4 is 0 Å². The Morgan fingerprint density at radius 1 is 1.10 bits per heavy atom. The van der Waals surface area contributed by atoms with Gasteiger partial charge in [-0.1, -0.05) is 49.6 Å². The normalized spacial score (nSPS) is 16.9. The fraction of sp³-hybridized carbons (Fsp3) is 0.385. The van der Waals surface area contributed by atoms with Crippen molar-refractivity contribution >= 4 is 10.9 Å². The van der Waals surface area contributed by atoms with Gasteiger partial charge < -0.3 is 15.2 Å². The fourth-order valence-electron chi connectivity index (χ4n) is 4.70. The molecule has 3 heteroatoms. The zero-order valence-corrected chi connectivity index (χ0v) is 17.5. The summed E-state index contributed by atoms with van der Waals surface area (Å²) in [7, 11) is 0. The number of phenolic OH excluding ortho intramolecular Hbond substituents is 2. The van der Waals surface area contributed by atoms with Crippen molar-refractivity contribution in [2.75, 3.05) is 0 Å². The lowest BCUT2D eigenvalue weighted by molar-refractivity contribution is 0.428. The van der Waals surface area contributed by atoms with Gasteiger partial charge in [0, 0.05) is 27.9 Å². The molecule has 1 aliphatic rings. The first-order valence-electron chi connectivity index (χ1n) is 10.9. The average molecular weight is 390 g/mol. The Hall–Kier alpha value is -2.68. The number of nitrogens with one attached hydrogen (secondary N) is 1. The van der Waals surface area contributed by atoms with Crippen LogP contribution in [0.15, 0.2) is 48.0 Å². The van der Waals surface area contributed by atoms with Gasteiger partial charge in [0.2, 0.25) is 0 Å². The predicted octanol–water partition coefficient (Wildman–Crippen LogP) is 7.19. The van der Waals surface area contributed by atoms with Gasteiger partial charge in [-0.25, -0.2) is 0 Å². The van der Waals surface area contributed by atoms with E-state index >= 15 is 0 Å². The molecule has 1 atom stereocenters. The number of aromatic nitrogens is 1. The second-order valence-corrected chi connectivity index (χ2v) is 8.43. The number of phenols is 2. The van der Waals surface area contributed by atoms with Crippen LogP contribution in [0.4, 0.5) is 0 Å². The molecule has 0 radical (unpaired) electrons. The summed E-state index contributed by atoms with van der Waals surface area (Å²) in [6.07, 6.45) is 9.53. The number of benzene rings is 2. The van der Waals surface area contributed by atoms with Crippen molar-refractivity contribution in [2.24, 2.45) is 0 Å². The molecule has 0 saturated carbocycles. The lowest BCUT2D eigenvalue weighted by Crippen LogP contribution is -2.05. The number of fused-ring (bicyclic) bond motifs is 1.